The highest BCUT2D eigenvalue weighted by Gasteiger charge is 2.23. The summed E-state index contributed by atoms with van der Waals surface area (Å²) in [4.78, 5) is 25.5. The molecular formula is C29H30F3N5O4. The lowest BCUT2D eigenvalue weighted by Crippen LogP contribution is -2.34. The van der Waals surface area contributed by atoms with Gasteiger partial charge in [-0.1, -0.05) is 45.0 Å². The summed E-state index contributed by atoms with van der Waals surface area (Å²) in [6.07, 6.45) is -1.12. The number of rotatable bonds is 8. The van der Waals surface area contributed by atoms with Crippen LogP contribution in [0.25, 0.3) is 16.5 Å². The predicted octanol–water partition coefficient (Wildman–Crippen LogP) is 4.40. The number of aliphatic hydroxyl groups is 2. The minimum atomic E-state index is -1.64. The molecule has 0 aliphatic rings. The number of carbonyl (C=O) groups excluding carboxylic acids is 2. The van der Waals surface area contributed by atoms with Crippen LogP contribution < -0.4 is 16.0 Å². The van der Waals surface area contributed by atoms with Gasteiger partial charge >= 0.3 is 6.03 Å². The second-order valence-electron chi connectivity index (χ2n) is 10.6. The first-order chi connectivity index (χ1) is 19.3. The van der Waals surface area contributed by atoms with Gasteiger partial charge in [-0.15, -0.1) is 0 Å². The summed E-state index contributed by atoms with van der Waals surface area (Å²) in [5, 5.41) is 32.4. The quantitative estimate of drug-likeness (QED) is 0.201. The number of hydrogen-bond donors (Lipinski definition) is 5. The van der Waals surface area contributed by atoms with Gasteiger partial charge in [-0.05, 0) is 28.5 Å². The Labute approximate surface area is 234 Å². The molecule has 1 heterocycles. The second kappa shape index (κ2) is 12.0. The standard InChI is InChI=1S/C29H30F3N5O4/c1-29(2,3)24-13-25(35-28(41)34-18-11-22(30)27(32)23(31)12-18)37(36-24)19-8-16-6-4-5-7-21(16)17(9-19)10-26(40)33-14-20(39)15-38/h4-9,11-13,20,38-39H,10,14-15H2,1-3H3,(H,33,40)(H2,34,35,41). The Morgan fingerprint density at radius 1 is 1.00 bits per heavy atom. The summed E-state index contributed by atoms with van der Waals surface area (Å²) in [7, 11) is 0. The van der Waals surface area contributed by atoms with Crippen molar-refractivity contribution < 1.29 is 33.0 Å². The summed E-state index contributed by atoms with van der Waals surface area (Å²) in [5.74, 6) is -4.67. The molecule has 0 fully saturated rings. The molecule has 0 saturated carbocycles. The summed E-state index contributed by atoms with van der Waals surface area (Å²) >= 11 is 0. The fourth-order valence-corrected chi connectivity index (χ4v) is 4.11. The highest BCUT2D eigenvalue weighted by atomic mass is 19.2. The molecule has 0 radical (unpaired) electrons. The van der Waals surface area contributed by atoms with Gasteiger partial charge in [0.1, 0.15) is 5.82 Å². The maximum atomic E-state index is 13.6. The van der Waals surface area contributed by atoms with Gasteiger partial charge in [0.2, 0.25) is 5.91 Å². The number of hydrogen-bond acceptors (Lipinski definition) is 5. The summed E-state index contributed by atoms with van der Waals surface area (Å²) in [6.45, 7) is 5.22. The first kappa shape index (κ1) is 29.6. The Hall–Kier alpha value is -4.42. The molecule has 1 atom stereocenters. The lowest BCUT2D eigenvalue weighted by molar-refractivity contribution is -0.121. The number of carbonyl (C=O) groups is 2. The number of nitrogens with zero attached hydrogens (tertiary/aromatic N) is 2. The smallest absolute Gasteiger partial charge is 0.324 e. The third-order valence-corrected chi connectivity index (χ3v) is 6.23. The van der Waals surface area contributed by atoms with Crippen molar-refractivity contribution in [2.45, 2.75) is 38.7 Å². The largest absolute Gasteiger partial charge is 0.394 e. The number of nitrogens with one attached hydrogen (secondary N) is 3. The van der Waals surface area contributed by atoms with Crippen LogP contribution in [0.2, 0.25) is 0 Å². The van der Waals surface area contributed by atoms with E-state index in [-0.39, 0.29) is 30.4 Å². The van der Waals surface area contributed by atoms with Crippen LogP contribution in [0.1, 0.15) is 32.0 Å². The Morgan fingerprint density at radius 2 is 1.68 bits per heavy atom. The van der Waals surface area contributed by atoms with Crippen LogP contribution in [0.5, 0.6) is 0 Å². The highest BCUT2D eigenvalue weighted by Crippen LogP contribution is 2.30. The molecule has 1 aromatic heterocycles. The molecular weight excluding hydrogens is 539 g/mol. The Balaban J connectivity index is 1.70. The van der Waals surface area contributed by atoms with E-state index in [1.54, 1.807) is 12.1 Å². The van der Waals surface area contributed by atoms with Gasteiger partial charge in [0, 0.05) is 35.8 Å². The number of aromatic nitrogens is 2. The zero-order valence-electron chi connectivity index (χ0n) is 22.6. The third-order valence-electron chi connectivity index (χ3n) is 6.23. The maximum Gasteiger partial charge on any atom is 0.324 e. The van der Waals surface area contributed by atoms with Crippen molar-refractivity contribution in [2.24, 2.45) is 0 Å². The van der Waals surface area contributed by atoms with Gasteiger partial charge in [0.05, 0.1) is 30.5 Å². The van der Waals surface area contributed by atoms with Gasteiger partial charge in [-0.2, -0.15) is 5.10 Å². The lowest BCUT2D eigenvalue weighted by atomic mass is 9.92. The predicted molar refractivity (Wildman–Crippen MR) is 149 cm³/mol. The number of halogens is 3. The highest BCUT2D eigenvalue weighted by molar-refractivity contribution is 5.99. The van der Waals surface area contributed by atoms with Gasteiger partial charge < -0.3 is 20.8 Å². The molecule has 1 unspecified atom stereocenters. The van der Waals surface area contributed by atoms with E-state index in [4.69, 9.17) is 10.2 Å². The molecule has 3 aromatic carbocycles. The van der Waals surface area contributed by atoms with Crippen LogP contribution >= 0.6 is 0 Å². The van der Waals surface area contributed by atoms with Crippen LogP contribution in [0.4, 0.5) is 29.5 Å². The summed E-state index contributed by atoms with van der Waals surface area (Å²) < 4.78 is 42.1. The number of fused-ring (bicyclic) bond motifs is 1. The van der Waals surface area contributed by atoms with Crippen LogP contribution in [0.3, 0.4) is 0 Å². The third kappa shape index (κ3) is 7.02. The van der Waals surface area contributed by atoms with E-state index in [2.05, 4.69) is 16.0 Å². The van der Waals surface area contributed by atoms with Crippen molar-refractivity contribution in [2.75, 3.05) is 23.8 Å². The molecule has 0 aliphatic carbocycles. The Bertz CT molecular complexity index is 1580. The molecule has 0 spiro atoms. The van der Waals surface area contributed by atoms with E-state index in [1.807, 2.05) is 51.1 Å². The van der Waals surface area contributed by atoms with Gasteiger partial charge in [0.15, 0.2) is 17.5 Å². The van der Waals surface area contributed by atoms with E-state index in [1.165, 1.54) is 4.68 Å². The molecule has 4 rings (SSSR count). The number of benzene rings is 3. The summed E-state index contributed by atoms with van der Waals surface area (Å²) in [5.41, 5.74) is 1.08. The molecule has 3 amide bonds. The van der Waals surface area contributed by atoms with Gasteiger partial charge in [0.25, 0.3) is 0 Å². The minimum absolute atomic E-state index is 0.0369. The molecule has 0 bridgehead atoms. The van der Waals surface area contributed by atoms with Crippen molar-refractivity contribution in [1.29, 1.82) is 0 Å². The minimum Gasteiger partial charge on any atom is -0.394 e. The maximum absolute atomic E-state index is 13.6. The van der Waals surface area contributed by atoms with Crippen molar-refractivity contribution >= 4 is 34.2 Å². The first-order valence-corrected chi connectivity index (χ1v) is 12.8. The normalized spacial score (nSPS) is 12.3. The molecule has 5 N–H and O–H groups in total. The van der Waals surface area contributed by atoms with Crippen LogP contribution in [0.15, 0.2) is 54.6 Å². The molecule has 4 aromatic rings. The second-order valence-corrected chi connectivity index (χ2v) is 10.6. The zero-order valence-corrected chi connectivity index (χ0v) is 22.6. The van der Waals surface area contributed by atoms with Crippen molar-refractivity contribution in [1.82, 2.24) is 15.1 Å². The average Bonchev–Trinajstić information content (AvgIpc) is 3.34. The van der Waals surface area contributed by atoms with Crippen LogP contribution in [-0.4, -0.2) is 51.2 Å². The van der Waals surface area contributed by atoms with E-state index >= 15 is 0 Å². The molecule has 0 saturated heterocycles. The monoisotopic (exact) mass is 569 g/mol. The molecule has 9 nitrogen and oxygen atoms in total. The van der Waals surface area contributed by atoms with Crippen LogP contribution in [0, 0.1) is 17.5 Å². The van der Waals surface area contributed by atoms with Crippen LogP contribution in [-0.2, 0) is 16.6 Å². The van der Waals surface area contributed by atoms with Crippen molar-refractivity contribution in [3.05, 3.63) is 83.3 Å². The number of urea groups is 1. The van der Waals surface area contributed by atoms with E-state index in [9.17, 15) is 27.9 Å². The van der Waals surface area contributed by atoms with E-state index in [0.29, 0.717) is 29.1 Å². The van der Waals surface area contributed by atoms with Crippen molar-refractivity contribution in [3.8, 4) is 5.69 Å². The zero-order chi connectivity index (χ0) is 29.9. The van der Waals surface area contributed by atoms with Crippen molar-refractivity contribution in [3.63, 3.8) is 0 Å². The fourth-order valence-electron chi connectivity index (χ4n) is 4.11. The summed E-state index contributed by atoms with van der Waals surface area (Å²) in [6, 6.07) is 13.1. The van der Waals surface area contributed by atoms with Gasteiger partial charge in [-0.3, -0.25) is 10.1 Å². The lowest BCUT2D eigenvalue weighted by Gasteiger charge is -2.15. The molecule has 12 heteroatoms. The number of aliphatic hydroxyl groups excluding tert-OH is 2. The first-order valence-electron chi connectivity index (χ1n) is 12.8. The number of amides is 3. The molecule has 216 valence electrons. The average molecular weight is 570 g/mol. The topological polar surface area (TPSA) is 129 Å². The SMILES string of the molecule is CC(C)(C)c1cc(NC(=O)Nc2cc(F)c(F)c(F)c2)n(-c2cc(CC(=O)NCC(O)CO)c3ccccc3c2)n1. The fraction of sp³-hybridized carbons (Fsp3) is 0.276. The molecule has 41 heavy (non-hydrogen) atoms. The van der Waals surface area contributed by atoms with E-state index < -0.39 is 41.6 Å². The number of anilines is 2. The Morgan fingerprint density at radius 3 is 2.34 bits per heavy atom. The van der Waals surface area contributed by atoms with Gasteiger partial charge in [-0.25, -0.2) is 22.6 Å². The van der Waals surface area contributed by atoms with E-state index in [0.717, 1.165) is 10.8 Å². The molecule has 0 aliphatic heterocycles. The Kier molecular flexibility index (Phi) is 8.64.